The van der Waals surface area contributed by atoms with Crippen LogP contribution in [-0.4, -0.2) is 24.4 Å². The second-order valence-electron chi connectivity index (χ2n) is 3.49. The first kappa shape index (κ1) is 9.71. The Bertz CT molecular complexity index is 389. The summed E-state index contributed by atoms with van der Waals surface area (Å²) in [4.78, 5) is 24.6. The van der Waals surface area contributed by atoms with Gasteiger partial charge in [0, 0.05) is 5.69 Å². The molecule has 4 heteroatoms. The quantitative estimate of drug-likeness (QED) is 0.725. The number of anilines is 1. The lowest BCUT2D eigenvalue weighted by atomic mass is 10.1. The molecule has 0 bridgehead atoms. The molecular weight excluding hydrogens is 192 g/mol. The Labute approximate surface area is 87.9 Å². The van der Waals surface area contributed by atoms with Crippen LogP contribution >= 0.6 is 0 Å². The third kappa shape index (κ3) is 1.70. The normalized spacial score (nSPS) is 21.4. The van der Waals surface area contributed by atoms with Gasteiger partial charge in [-0.25, -0.2) is 0 Å². The fourth-order valence-corrected chi connectivity index (χ4v) is 1.69. The van der Waals surface area contributed by atoms with E-state index in [1.54, 1.807) is 6.92 Å². The van der Waals surface area contributed by atoms with Crippen LogP contribution in [0.5, 0.6) is 0 Å². The van der Waals surface area contributed by atoms with Gasteiger partial charge in [0.05, 0.1) is 6.54 Å². The van der Waals surface area contributed by atoms with Gasteiger partial charge < -0.3 is 5.32 Å². The van der Waals surface area contributed by atoms with Crippen molar-refractivity contribution in [2.45, 2.75) is 13.0 Å². The lowest BCUT2D eigenvalue weighted by Crippen LogP contribution is -2.57. The molecule has 78 valence electrons. The van der Waals surface area contributed by atoms with E-state index in [0.717, 1.165) is 5.69 Å². The summed E-state index contributed by atoms with van der Waals surface area (Å²) in [6, 6.07) is 8.79. The van der Waals surface area contributed by atoms with Gasteiger partial charge in [-0.2, -0.15) is 0 Å². The molecule has 15 heavy (non-hydrogen) atoms. The summed E-state index contributed by atoms with van der Waals surface area (Å²) in [5.41, 5.74) is 0.768. The number of para-hydroxylation sites is 1. The molecule has 1 aromatic carbocycles. The lowest BCUT2D eigenvalue weighted by Gasteiger charge is -2.32. The standard InChI is InChI=1S/C11H12N2O2/c1-8-11(15)12-7-10(14)13(8)9-5-3-2-4-6-9/h2-6,8H,7H2,1H3,(H,12,15). The van der Waals surface area contributed by atoms with Crippen LogP contribution in [0.4, 0.5) is 5.69 Å². The van der Waals surface area contributed by atoms with Crippen LogP contribution in [0.2, 0.25) is 0 Å². The number of piperazine rings is 1. The Hall–Kier alpha value is -1.84. The largest absolute Gasteiger partial charge is 0.345 e. The van der Waals surface area contributed by atoms with Gasteiger partial charge >= 0.3 is 0 Å². The topological polar surface area (TPSA) is 49.4 Å². The average molecular weight is 204 g/mol. The number of hydrogen-bond acceptors (Lipinski definition) is 2. The van der Waals surface area contributed by atoms with Crippen LogP contribution < -0.4 is 10.2 Å². The number of hydrogen-bond donors (Lipinski definition) is 1. The maximum absolute atomic E-state index is 11.7. The summed E-state index contributed by atoms with van der Waals surface area (Å²) >= 11 is 0. The van der Waals surface area contributed by atoms with E-state index in [-0.39, 0.29) is 18.4 Å². The van der Waals surface area contributed by atoms with E-state index in [1.807, 2.05) is 30.3 Å². The highest BCUT2D eigenvalue weighted by atomic mass is 16.2. The van der Waals surface area contributed by atoms with Crippen LogP contribution in [0.15, 0.2) is 30.3 Å². The number of benzene rings is 1. The molecule has 0 aromatic heterocycles. The van der Waals surface area contributed by atoms with Gasteiger partial charge in [0.25, 0.3) is 0 Å². The van der Waals surface area contributed by atoms with Crippen molar-refractivity contribution in [1.82, 2.24) is 5.32 Å². The minimum Gasteiger partial charge on any atom is -0.345 e. The first-order chi connectivity index (χ1) is 7.20. The van der Waals surface area contributed by atoms with Crippen molar-refractivity contribution < 1.29 is 9.59 Å². The molecule has 0 radical (unpaired) electrons. The van der Waals surface area contributed by atoms with E-state index in [0.29, 0.717) is 0 Å². The van der Waals surface area contributed by atoms with Crippen molar-refractivity contribution >= 4 is 17.5 Å². The van der Waals surface area contributed by atoms with Crippen LogP contribution in [-0.2, 0) is 9.59 Å². The molecule has 0 saturated carbocycles. The Morgan fingerprint density at radius 3 is 2.60 bits per heavy atom. The average Bonchev–Trinajstić information content (AvgIpc) is 2.26. The number of amides is 2. The second kappa shape index (κ2) is 3.73. The maximum atomic E-state index is 11.7. The predicted molar refractivity (Wildman–Crippen MR) is 56.4 cm³/mol. The molecule has 0 spiro atoms. The fourth-order valence-electron chi connectivity index (χ4n) is 1.69. The SMILES string of the molecule is CC1C(=O)NCC(=O)N1c1ccccc1. The third-order valence-corrected chi connectivity index (χ3v) is 2.48. The summed E-state index contributed by atoms with van der Waals surface area (Å²) in [7, 11) is 0. The molecule has 1 aromatic rings. The van der Waals surface area contributed by atoms with Crippen molar-refractivity contribution in [3.63, 3.8) is 0 Å². The first-order valence-electron chi connectivity index (χ1n) is 4.85. The monoisotopic (exact) mass is 204 g/mol. The van der Waals surface area contributed by atoms with Crippen LogP contribution in [0.1, 0.15) is 6.92 Å². The van der Waals surface area contributed by atoms with Gasteiger partial charge in [-0.05, 0) is 19.1 Å². The molecule has 1 N–H and O–H groups in total. The highest BCUT2D eigenvalue weighted by molar-refractivity contribution is 6.06. The molecule has 1 heterocycles. The van der Waals surface area contributed by atoms with E-state index in [1.165, 1.54) is 4.90 Å². The number of rotatable bonds is 1. The molecular formula is C11H12N2O2. The summed E-state index contributed by atoms with van der Waals surface area (Å²) < 4.78 is 0. The van der Waals surface area contributed by atoms with Crippen LogP contribution in [0, 0.1) is 0 Å². The third-order valence-electron chi connectivity index (χ3n) is 2.48. The van der Waals surface area contributed by atoms with Crippen molar-refractivity contribution in [2.75, 3.05) is 11.4 Å². The highest BCUT2D eigenvalue weighted by Crippen LogP contribution is 2.18. The summed E-state index contributed by atoms with van der Waals surface area (Å²) in [6.07, 6.45) is 0. The molecule has 1 unspecified atom stereocenters. The molecule has 0 aliphatic carbocycles. The zero-order valence-corrected chi connectivity index (χ0v) is 8.43. The van der Waals surface area contributed by atoms with Crippen molar-refractivity contribution in [1.29, 1.82) is 0 Å². The van der Waals surface area contributed by atoms with Crippen molar-refractivity contribution in [3.05, 3.63) is 30.3 Å². The molecule has 1 fully saturated rings. The smallest absolute Gasteiger partial charge is 0.247 e. The Balaban J connectivity index is 2.33. The molecule has 1 atom stereocenters. The summed E-state index contributed by atoms with van der Waals surface area (Å²) in [5, 5.41) is 2.55. The zero-order chi connectivity index (χ0) is 10.8. The fraction of sp³-hybridized carbons (Fsp3) is 0.273. The van der Waals surface area contributed by atoms with Gasteiger partial charge in [0.15, 0.2) is 0 Å². The number of nitrogens with one attached hydrogen (secondary N) is 1. The van der Waals surface area contributed by atoms with Gasteiger partial charge in [-0.15, -0.1) is 0 Å². The van der Waals surface area contributed by atoms with Gasteiger partial charge in [-0.1, -0.05) is 18.2 Å². The molecule has 4 nitrogen and oxygen atoms in total. The van der Waals surface area contributed by atoms with E-state index in [4.69, 9.17) is 0 Å². The first-order valence-corrected chi connectivity index (χ1v) is 4.85. The van der Waals surface area contributed by atoms with E-state index in [2.05, 4.69) is 5.32 Å². The van der Waals surface area contributed by atoms with E-state index >= 15 is 0 Å². The van der Waals surface area contributed by atoms with Crippen LogP contribution in [0.25, 0.3) is 0 Å². The Morgan fingerprint density at radius 1 is 1.27 bits per heavy atom. The Kier molecular flexibility index (Phi) is 2.41. The van der Waals surface area contributed by atoms with E-state index < -0.39 is 6.04 Å². The lowest BCUT2D eigenvalue weighted by molar-refractivity contribution is -0.130. The molecule has 1 aliphatic rings. The zero-order valence-electron chi connectivity index (χ0n) is 8.43. The number of carbonyl (C=O) groups is 2. The summed E-state index contributed by atoms with van der Waals surface area (Å²) in [6.45, 7) is 1.80. The number of carbonyl (C=O) groups excluding carboxylic acids is 2. The molecule has 2 rings (SSSR count). The molecule has 2 amide bonds. The van der Waals surface area contributed by atoms with E-state index in [9.17, 15) is 9.59 Å². The number of nitrogens with zero attached hydrogens (tertiary/aromatic N) is 1. The summed E-state index contributed by atoms with van der Waals surface area (Å²) in [5.74, 6) is -0.188. The highest BCUT2D eigenvalue weighted by Gasteiger charge is 2.31. The molecule has 1 saturated heterocycles. The maximum Gasteiger partial charge on any atom is 0.247 e. The second-order valence-corrected chi connectivity index (χ2v) is 3.49. The van der Waals surface area contributed by atoms with Crippen LogP contribution in [0.3, 0.4) is 0 Å². The minimum atomic E-state index is -0.436. The van der Waals surface area contributed by atoms with Gasteiger partial charge in [0.2, 0.25) is 11.8 Å². The van der Waals surface area contributed by atoms with Crippen molar-refractivity contribution in [2.24, 2.45) is 0 Å². The molecule has 1 aliphatic heterocycles. The minimum absolute atomic E-state index is 0.0756. The predicted octanol–water partition coefficient (Wildman–Crippen LogP) is 0.538. The van der Waals surface area contributed by atoms with Crippen molar-refractivity contribution in [3.8, 4) is 0 Å². The van der Waals surface area contributed by atoms with Gasteiger partial charge in [-0.3, -0.25) is 14.5 Å². The van der Waals surface area contributed by atoms with Gasteiger partial charge in [0.1, 0.15) is 6.04 Å². The Morgan fingerprint density at radius 2 is 1.93 bits per heavy atom.